The van der Waals surface area contributed by atoms with Gasteiger partial charge >= 0.3 is 11.0 Å². The SMILES string of the molecule is CC(C)(C)C(N)(C(=O)Nc1ncc([N+](=O)[O-])s1)C(=O)Oc1ccccc1.Cl. The maximum atomic E-state index is 12.8. The van der Waals surface area contributed by atoms with Crippen molar-refractivity contribution in [3.05, 3.63) is 46.6 Å². The lowest BCUT2D eigenvalue weighted by atomic mass is 9.73. The van der Waals surface area contributed by atoms with Crippen LogP contribution in [0.1, 0.15) is 20.8 Å². The van der Waals surface area contributed by atoms with Crippen LogP contribution in [0.25, 0.3) is 0 Å². The summed E-state index contributed by atoms with van der Waals surface area (Å²) >= 11 is 0.662. The zero-order chi connectivity index (χ0) is 19.5. The number of nitrogens with one attached hydrogen (secondary N) is 1. The second kappa shape index (κ2) is 8.42. The van der Waals surface area contributed by atoms with E-state index in [1.165, 1.54) is 0 Å². The molecule has 2 aromatic rings. The molecule has 0 fully saturated rings. The number of nitro groups is 1. The van der Waals surface area contributed by atoms with E-state index in [-0.39, 0.29) is 28.3 Å². The fraction of sp³-hybridized carbons (Fsp3) is 0.312. The number of carbonyl (C=O) groups is 2. The number of thiazole rings is 1. The molecule has 2 rings (SSSR count). The van der Waals surface area contributed by atoms with E-state index in [2.05, 4.69) is 10.3 Å². The highest BCUT2D eigenvalue weighted by Gasteiger charge is 2.53. The van der Waals surface area contributed by atoms with E-state index < -0.39 is 27.8 Å². The predicted molar refractivity (Wildman–Crippen MR) is 103 cm³/mol. The number of nitrogens with two attached hydrogens (primary N) is 1. The molecule has 3 N–H and O–H groups in total. The van der Waals surface area contributed by atoms with Gasteiger partial charge in [-0.15, -0.1) is 12.4 Å². The first-order chi connectivity index (χ1) is 12.1. The Bertz CT molecular complexity index is 837. The first-order valence-corrected chi connectivity index (χ1v) is 8.35. The lowest BCUT2D eigenvalue weighted by Crippen LogP contribution is -2.66. The van der Waals surface area contributed by atoms with E-state index in [0.717, 1.165) is 6.20 Å². The third kappa shape index (κ3) is 4.79. The van der Waals surface area contributed by atoms with Gasteiger partial charge in [0.15, 0.2) is 10.7 Å². The molecule has 0 spiro atoms. The first-order valence-electron chi connectivity index (χ1n) is 7.53. The number of para-hydroxylation sites is 1. The van der Waals surface area contributed by atoms with Crippen molar-refractivity contribution in [3.63, 3.8) is 0 Å². The van der Waals surface area contributed by atoms with E-state index in [4.69, 9.17) is 10.5 Å². The summed E-state index contributed by atoms with van der Waals surface area (Å²) in [4.78, 5) is 39.3. The maximum absolute atomic E-state index is 12.8. The summed E-state index contributed by atoms with van der Waals surface area (Å²) in [6, 6.07) is 8.21. The van der Waals surface area contributed by atoms with Crippen LogP contribution in [0.5, 0.6) is 5.75 Å². The summed E-state index contributed by atoms with van der Waals surface area (Å²) in [7, 11) is 0. The molecule has 0 aliphatic rings. The summed E-state index contributed by atoms with van der Waals surface area (Å²) in [6.45, 7) is 4.84. The number of hydrogen-bond donors (Lipinski definition) is 2. The Labute approximate surface area is 165 Å². The highest BCUT2D eigenvalue weighted by molar-refractivity contribution is 7.18. The topological polar surface area (TPSA) is 137 Å². The minimum atomic E-state index is -2.05. The Morgan fingerprint density at radius 3 is 2.33 bits per heavy atom. The molecule has 1 aromatic heterocycles. The van der Waals surface area contributed by atoms with Gasteiger partial charge in [-0.1, -0.05) is 39.0 Å². The Balaban J connectivity index is 0.00000364. The third-order valence-corrected chi connectivity index (χ3v) is 4.58. The van der Waals surface area contributed by atoms with Crippen molar-refractivity contribution in [1.29, 1.82) is 0 Å². The average Bonchev–Trinajstić information content (AvgIpc) is 3.02. The largest absolute Gasteiger partial charge is 0.425 e. The number of aromatic nitrogens is 1. The average molecular weight is 415 g/mol. The number of hydrogen-bond acceptors (Lipinski definition) is 8. The van der Waals surface area contributed by atoms with Crippen LogP contribution < -0.4 is 15.8 Å². The summed E-state index contributed by atoms with van der Waals surface area (Å²) in [6.07, 6.45) is 1.01. The van der Waals surface area contributed by atoms with Crippen molar-refractivity contribution in [2.24, 2.45) is 11.1 Å². The van der Waals surface area contributed by atoms with E-state index in [1.54, 1.807) is 51.1 Å². The van der Waals surface area contributed by atoms with Crippen molar-refractivity contribution in [1.82, 2.24) is 4.98 Å². The molecule has 0 saturated carbocycles. The van der Waals surface area contributed by atoms with Crippen LogP contribution in [-0.4, -0.2) is 27.3 Å². The molecule has 9 nitrogen and oxygen atoms in total. The van der Waals surface area contributed by atoms with Crippen molar-refractivity contribution >= 4 is 45.8 Å². The molecular weight excluding hydrogens is 396 g/mol. The zero-order valence-corrected chi connectivity index (χ0v) is 16.4. The van der Waals surface area contributed by atoms with Crippen LogP contribution in [0, 0.1) is 15.5 Å². The fourth-order valence-corrected chi connectivity index (χ4v) is 2.65. The van der Waals surface area contributed by atoms with Gasteiger partial charge in [0.2, 0.25) is 0 Å². The molecule has 0 saturated heterocycles. The number of nitrogens with zero attached hydrogens (tertiary/aromatic N) is 2. The van der Waals surface area contributed by atoms with Crippen LogP contribution in [0.15, 0.2) is 36.5 Å². The van der Waals surface area contributed by atoms with Crippen LogP contribution >= 0.6 is 23.7 Å². The first kappa shape index (κ1) is 22.5. The smallest absolute Gasteiger partial charge is 0.345 e. The van der Waals surface area contributed by atoms with Gasteiger partial charge in [0, 0.05) is 0 Å². The number of carbonyl (C=O) groups excluding carboxylic acids is 2. The molecule has 0 bridgehead atoms. The number of benzene rings is 1. The Morgan fingerprint density at radius 2 is 1.85 bits per heavy atom. The number of rotatable bonds is 5. The van der Waals surface area contributed by atoms with Gasteiger partial charge < -0.3 is 10.5 Å². The molecule has 27 heavy (non-hydrogen) atoms. The molecule has 0 aliphatic heterocycles. The van der Waals surface area contributed by atoms with Crippen LogP contribution in [0.4, 0.5) is 10.1 Å². The van der Waals surface area contributed by atoms with Crippen molar-refractivity contribution in [3.8, 4) is 5.75 Å². The quantitative estimate of drug-likeness (QED) is 0.252. The minimum absolute atomic E-state index is 0. The monoisotopic (exact) mass is 414 g/mol. The molecule has 0 aliphatic carbocycles. The highest BCUT2D eigenvalue weighted by atomic mass is 35.5. The molecule has 146 valence electrons. The second-order valence-electron chi connectivity index (χ2n) is 6.48. The number of amides is 1. The Morgan fingerprint density at radius 1 is 1.26 bits per heavy atom. The van der Waals surface area contributed by atoms with Gasteiger partial charge in [-0.3, -0.25) is 20.2 Å². The lowest BCUT2D eigenvalue weighted by molar-refractivity contribution is -0.380. The molecule has 1 unspecified atom stereocenters. The van der Waals surface area contributed by atoms with Gasteiger partial charge in [0.25, 0.3) is 5.91 Å². The van der Waals surface area contributed by atoms with E-state index >= 15 is 0 Å². The molecule has 1 heterocycles. The molecule has 0 radical (unpaired) electrons. The van der Waals surface area contributed by atoms with Crippen molar-refractivity contribution < 1.29 is 19.2 Å². The summed E-state index contributed by atoms with van der Waals surface area (Å²) in [5.74, 6) is -1.57. The van der Waals surface area contributed by atoms with Crippen LogP contribution in [-0.2, 0) is 9.59 Å². The normalized spacial score (nSPS) is 13.0. The molecular formula is C16H19ClN4O5S. The molecule has 1 aromatic carbocycles. The van der Waals surface area contributed by atoms with Crippen LogP contribution in [0.2, 0.25) is 0 Å². The van der Waals surface area contributed by atoms with Crippen molar-refractivity contribution in [2.75, 3.05) is 5.32 Å². The number of esters is 1. The molecule has 1 atom stereocenters. The molecule has 1 amide bonds. The lowest BCUT2D eigenvalue weighted by Gasteiger charge is -2.37. The second-order valence-corrected chi connectivity index (χ2v) is 7.48. The Kier molecular flexibility index (Phi) is 7.01. The van der Waals surface area contributed by atoms with Crippen LogP contribution in [0.3, 0.4) is 0 Å². The number of anilines is 1. The van der Waals surface area contributed by atoms with E-state index in [1.807, 2.05) is 0 Å². The summed E-state index contributed by atoms with van der Waals surface area (Å²) < 4.78 is 5.26. The highest BCUT2D eigenvalue weighted by Crippen LogP contribution is 2.33. The fourth-order valence-electron chi connectivity index (χ4n) is 2.02. The number of halogens is 1. The van der Waals surface area contributed by atoms with Gasteiger partial charge in [0.05, 0.1) is 4.92 Å². The van der Waals surface area contributed by atoms with Crippen molar-refractivity contribution in [2.45, 2.75) is 26.3 Å². The predicted octanol–water partition coefficient (Wildman–Crippen LogP) is 2.76. The number of ether oxygens (including phenoxy) is 1. The van der Waals surface area contributed by atoms with Gasteiger partial charge in [-0.2, -0.15) is 0 Å². The summed E-state index contributed by atoms with van der Waals surface area (Å²) in [5, 5.41) is 12.8. The zero-order valence-electron chi connectivity index (χ0n) is 14.8. The minimum Gasteiger partial charge on any atom is -0.425 e. The third-order valence-electron chi connectivity index (χ3n) is 3.71. The maximum Gasteiger partial charge on any atom is 0.345 e. The van der Waals surface area contributed by atoms with E-state index in [9.17, 15) is 19.7 Å². The van der Waals surface area contributed by atoms with Gasteiger partial charge in [0.1, 0.15) is 11.9 Å². The van der Waals surface area contributed by atoms with Gasteiger partial charge in [-0.05, 0) is 28.9 Å². The van der Waals surface area contributed by atoms with E-state index in [0.29, 0.717) is 11.3 Å². The molecule has 11 heteroatoms. The Hall–Kier alpha value is -2.56. The van der Waals surface area contributed by atoms with Gasteiger partial charge in [-0.25, -0.2) is 9.78 Å². The summed E-state index contributed by atoms with van der Waals surface area (Å²) in [5.41, 5.74) is 3.12. The standard InChI is InChI=1S/C16H18N4O5S.ClH/c1-15(2,3)16(17,13(22)25-10-7-5-4-6-8-10)12(21)19-14-18-9-11(26-14)20(23)24;/h4-9H,17H2,1-3H3,(H,18,19,21);1H.